The summed E-state index contributed by atoms with van der Waals surface area (Å²) in [5, 5.41) is 11.4. The molecule has 0 aromatic heterocycles. The van der Waals surface area contributed by atoms with Crippen LogP contribution in [0, 0.1) is 10.1 Å². The zero-order valence-corrected chi connectivity index (χ0v) is 16.7. The van der Waals surface area contributed by atoms with Crippen molar-refractivity contribution in [1.82, 2.24) is 9.34 Å². The van der Waals surface area contributed by atoms with Gasteiger partial charge in [0.1, 0.15) is 12.0 Å². The van der Waals surface area contributed by atoms with E-state index in [1.54, 1.807) is 37.3 Å². The second kappa shape index (κ2) is 7.68. The molecule has 9 nitrogen and oxygen atoms in total. The highest BCUT2D eigenvalue weighted by Crippen LogP contribution is 2.63. The molecule has 2 heterocycles. The van der Waals surface area contributed by atoms with Crippen molar-refractivity contribution >= 4 is 19.6 Å². The van der Waals surface area contributed by atoms with Crippen LogP contribution in [0.5, 0.6) is 11.5 Å². The van der Waals surface area contributed by atoms with Crippen LogP contribution >= 0.6 is 7.67 Å². The Morgan fingerprint density at radius 2 is 1.72 bits per heavy atom. The Balaban J connectivity index is 1.59. The van der Waals surface area contributed by atoms with Crippen LogP contribution < -0.4 is 4.74 Å². The number of hydrogen-bond donors (Lipinski definition) is 0. The SMILES string of the molecule is CC(OP(=O)(N1CC1)N1CC1)c1ccc([N+](=O)[O-])c(Oc2ccc(C=O)cc2)c1. The number of nitro benzene ring substituents is 1. The highest BCUT2D eigenvalue weighted by atomic mass is 31.2. The van der Waals surface area contributed by atoms with E-state index in [4.69, 9.17) is 9.26 Å². The molecule has 10 heteroatoms. The number of carbonyl (C=O) groups is 1. The van der Waals surface area contributed by atoms with E-state index in [2.05, 4.69) is 0 Å². The molecule has 2 aromatic rings. The summed E-state index contributed by atoms with van der Waals surface area (Å²) in [7, 11) is -3.03. The first-order valence-corrected chi connectivity index (χ1v) is 10.7. The van der Waals surface area contributed by atoms with Gasteiger partial charge in [0.15, 0.2) is 0 Å². The summed E-state index contributed by atoms with van der Waals surface area (Å²) in [5.74, 6) is 0.415. The van der Waals surface area contributed by atoms with Gasteiger partial charge in [-0.1, -0.05) is 0 Å². The number of nitrogens with zero attached hydrogens (tertiary/aromatic N) is 3. The minimum atomic E-state index is -3.03. The largest absolute Gasteiger partial charge is 0.450 e. The average Bonchev–Trinajstić information content (AvgIpc) is 3.59. The summed E-state index contributed by atoms with van der Waals surface area (Å²) in [6.45, 7) is 4.74. The van der Waals surface area contributed by atoms with Crippen LogP contribution in [0.15, 0.2) is 42.5 Å². The first-order chi connectivity index (χ1) is 13.9. The Bertz CT molecular complexity index is 972. The van der Waals surface area contributed by atoms with Crippen LogP contribution in [-0.4, -0.2) is 46.7 Å². The second-order valence-corrected chi connectivity index (χ2v) is 9.24. The van der Waals surface area contributed by atoms with Crippen molar-refractivity contribution in [3.05, 3.63) is 63.7 Å². The fourth-order valence-corrected chi connectivity index (χ4v) is 5.28. The highest BCUT2D eigenvalue weighted by Gasteiger charge is 2.50. The molecule has 0 saturated carbocycles. The molecule has 0 spiro atoms. The van der Waals surface area contributed by atoms with Gasteiger partial charge in [-0.25, -0.2) is 9.34 Å². The van der Waals surface area contributed by atoms with Crippen molar-refractivity contribution in [2.45, 2.75) is 13.0 Å². The summed E-state index contributed by atoms with van der Waals surface area (Å²) in [5.41, 5.74) is 0.906. The zero-order valence-electron chi connectivity index (χ0n) is 15.8. The van der Waals surface area contributed by atoms with Gasteiger partial charge >= 0.3 is 13.4 Å². The van der Waals surface area contributed by atoms with E-state index in [-0.39, 0.29) is 11.4 Å². The van der Waals surface area contributed by atoms with E-state index in [1.165, 1.54) is 12.1 Å². The first-order valence-electron chi connectivity index (χ1n) is 9.21. The van der Waals surface area contributed by atoms with Crippen LogP contribution in [-0.2, 0) is 9.09 Å². The number of benzene rings is 2. The Labute approximate surface area is 167 Å². The van der Waals surface area contributed by atoms with Gasteiger partial charge in [0, 0.05) is 37.8 Å². The van der Waals surface area contributed by atoms with Crippen molar-refractivity contribution in [1.29, 1.82) is 0 Å². The highest BCUT2D eigenvalue weighted by molar-refractivity contribution is 7.54. The summed E-state index contributed by atoms with van der Waals surface area (Å²) in [4.78, 5) is 21.7. The number of hydrogen-bond acceptors (Lipinski definition) is 6. The molecule has 0 bridgehead atoms. The molecule has 0 aliphatic carbocycles. The maximum atomic E-state index is 13.2. The number of nitro groups is 1. The smallest absolute Gasteiger partial charge is 0.346 e. The van der Waals surface area contributed by atoms with Crippen molar-refractivity contribution in [2.24, 2.45) is 0 Å². The third-order valence-corrected chi connectivity index (χ3v) is 7.57. The Hall–Kier alpha value is -2.58. The lowest BCUT2D eigenvalue weighted by Gasteiger charge is -2.24. The zero-order chi connectivity index (χ0) is 20.6. The summed E-state index contributed by atoms with van der Waals surface area (Å²) < 4.78 is 28.5. The average molecular weight is 417 g/mol. The Kier molecular flexibility index (Phi) is 5.23. The number of rotatable bonds is 9. The Morgan fingerprint density at radius 1 is 1.10 bits per heavy atom. The molecule has 152 valence electrons. The van der Waals surface area contributed by atoms with E-state index in [0.29, 0.717) is 23.2 Å². The number of ether oxygens (including phenoxy) is 1. The topological polar surface area (TPSA) is 102 Å². The minimum Gasteiger partial charge on any atom is -0.450 e. The third-order valence-electron chi connectivity index (χ3n) is 4.75. The molecule has 2 aliphatic rings. The number of aldehydes is 1. The van der Waals surface area contributed by atoms with E-state index in [0.717, 1.165) is 26.2 Å². The molecular weight excluding hydrogens is 397 g/mol. The monoisotopic (exact) mass is 417 g/mol. The standard InChI is InChI=1S/C19H20N3O6P/c1-14(28-29(26,20-8-9-20)21-10-11-21)16-4-7-18(22(24)25)19(12-16)27-17-5-2-15(13-23)3-6-17/h2-7,12-14H,8-11H2,1H3. The minimum absolute atomic E-state index is 0.0510. The predicted molar refractivity (Wildman–Crippen MR) is 105 cm³/mol. The summed E-state index contributed by atoms with van der Waals surface area (Å²) in [6, 6.07) is 10.7. The fraction of sp³-hybridized carbons (Fsp3) is 0.316. The molecule has 1 atom stereocenters. The molecule has 0 N–H and O–H groups in total. The Morgan fingerprint density at radius 3 is 2.24 bits per heavy atom. The lowest BCUT2D eigenvalue weighted by atomic mass is 10.1. The second-order valence-electron chi connectivity index (χ2n) is 6.92. The lowest BCUT2D eigenvalue weighted by molar-refractivity contribution is -0.385. The molecule has 0 amide bonds. The molecule has 0 radical (unpaired) electrons. The van der Waals surface area contributed by atoms with Crippen LogP contribution in [0.25, 0.3) is 0 Å². The van der Waals surface area contributed by atoms with Crippen molar-refractivity contribution in [3.63, 3.8) is 0 Å². The van der Waals surface area contributed by atoms with Gasteiger partial charge in [0.2, 0.25) is 5.75 Å². The summed E-state index contributed by atoms with van der Waals surface area (Å²) >= 11 is 0. The van der Waals surface area contributed by atoms with Crippen molar-refractivity contribution in [3.8, 4) is 11.5 Å². The van der Waals surface area contributed by atoms with Gasteiger partial charge in [-0.3, -0.25) is 24.0 Å². The van der Waals surface area contributed by atoms with Crippen molar-refractivity contribution < 1.29 is 23.5 Å². The molecule has 2 aliphatic heterocycles. The van der Waals surface area contributed by atoms with E-state index in [9.17, 15) is 19.5 Å². The summed E-state index contributed by atoms with van der Waals surface area (Å²) in [6.07, 6.45) is 0.165. The van der Waals surface area contributed by atoms with Gasteiger partial charge in [0.25, 0.3) is 0 Å². The molecule has 29 heavy (non-hydrogen) atoms. The van der Waals surface area contributed by atoms with Crippen LogP contribution in [0.3, 0.4) is 0 Å². The van der Waals surface area contributed by atoms with E-state index < -0.39 is 18.7 Å². The van der Waals surface area contributed by atoms with Gasteiger partial charge in [-0.15, -0.1) is 0 Å². The van der Waals surface area contributed by atoms with Gasteiger partial charge in [0.05, 0.1) is 11.0 Å². The van der Waals surface area contributed by atoms with Gasteiger partial charge in [-0.2, -0.15) is 0 Å². The molecule has 2 saturated heterocycles. The molecule has 4 rings (SSSR count). The van der Waals surface area contributed by atoms with Gasteiger partial charge < -0.3 is 4.74 Å². The van der Waals surface area contributed by atoms with Crippen LogP contribution in [0.1, 0.15) is 28.9 Å². The number of carbonyl (C=O) groups excluding carboxylic acids is 1. The lowest BCUT2D eigenvalue weighted by Crippen LogP contribution is -2.10. The van der Waals surface area contributed by atoms with E-state index >= 15 is 0 Å². The fourth-order valence-electron chi connectivity index (χ4n) is 2.93. The molecular formula is C19H20N3O6P. The van der Waals surface area contributed by atoms with Crippen molar-refractivity contribution in [2.75, 3.05) is 26.2 Å². The molecule has 2 aromatic carbocycles. The first kappa shape index (κ1) is 19.7. The molecule has 1 unspecified atom stereocenters. The maximum absolute atomic E-state index is 13.2. The van der Waals surface area contributed by atoms with E-state index in [1.807, 2.05) is 9.34 Å². The van der Waals surface area contributed by atoms with Gasteiger partial charge in [-0.05, 0) is 48.9 Å². The normalized spacial score (nSPS) is 17.6. The quantitative estimate of drug-likeness (QED) is 0.198. The third kappa shape index (κ3) is 4.23. The predicted octanol–water partition coefficient (Wildman–Crippen LogP) is 4.02. The maximum Gasteiger partial charge on any atom is 0.346 e. The molecule has 2 fully saturated rings. The van der Waals surface area contributed by atoms with Crippen LogP contribution in [0.2, 0.25) is 0 Å². The van der Waals surface area contributed by atoms with Crippen LogP contribution in [0.4, 0.5) is 5.69 Å².